The van der Waals surface area contributed by atoms with Crippen LogP contribution in [0, 0.1) is 5.41 Å². The number of aliphatic hydroxyl groups excluding tert-OH is 4. The summed E-state index contributed by atoms with van der Waals surface area (Å²) in [7, 11) is 0. The zero-order valence-corrected chi connectivity index (χ0v) is 5.12. The van der Waals surface area contributed by atoms with Crippen molar-refractivity contribution in [3.8, 4) is 0 Å². The zero-order valence-electron chi connectivity index (χ0n) is 5.12. The van der Waals surface area contributed by atoms with Gasteiger partial charge >= 0.3 is 0 Å². The van der Waals surface area contributed by atoms with Crippen LogP contribution < -0.4 is 0 Å². The van der Waals surface area contributed by atoms with Gasteiger partial charge in [-0.15, -0.1) is 0 Å². The smallest absolute Gasteiger partial charge is 0.0814 e. The molecule has 0 saturated carbocycles. The van der Waals surface area contributed by atoms with E-state index in [0.29, 0.717) is 0 Å². The van der Waals surface area contributed by atoms with Gasteiger partial charge in [-0.1, -0.05) is 0 Å². The Bertz CT molecular complexity index is 56.5. The molecule has 0 aromatic rings. The second kappa shape index (κ2) is 5.67. The molecular formula is C5H15BO4. The maximum atomic E-state index is 8.50. The number of rotatable bonds is 4. The molecule has 0 aromatic carbocycles. The third kappa shape index (κ3) is 2.66. The Hall–Kier alpha value is -0.0951. The number of aliphatic hydroxyl groups is 4. The summed E-state index contributed by atoms with van der Waals surface area (Å²) < 4.78 is 0. The van der Waals surface area contributed by atoms with E-state index in [1.54, 1.807) is 0 Å². The van der Waals surface area contributed by atoms with Crippen LogP contribution in [-0.4, -0.2) is 55.3 Å². The van der Waals surface area contributed by atoms with Crippen LogP contribution in [0.3, 0.4) is 0 Å². The van der Waals surface area contributed by atoms with Crippen molar-refractivity contribution in [1.82, 2.24) is 0 Å². The van der Waals surface area contributed by atoms with E-state index in [1.807, 2.05) is 0 Å². The normalized spacial score (nSPS) is 10.8. The quantitative estimate of drug-likeness (QED) is 0.317. The summed E-state index contributed by atoms with van der Waals surface area (Å²) in [5, 5.41) is 34.0. The molecule has 0 aliphatic carbocycles. The molecule has 4 nitrogen and oxygen atoms in total. The molecule has 0 fully saturated rings. The summed E-state index contributed by atoms with van der Waals surface area (Å²) in [5.74, 6) is 0. The highest BCUT2D eigenvalue weighted by molar-refractivity contribution is 5.75. The summed E-state index contributed by atoms with van der Waals surface area (Å²) in [5.41, 5.74) is -1.11. The lowest BCUT2D eigenvalue weighted by molar-refractivity contribution is -0.0328. The van der Waals surface area contributed by atoms with Crippen LogP contribution in [0.2, 0.25) is 0 Å². The minimum atomic E-state index is -1.11. The summed E-state index contributed by atoms with van der Waals surface area (Å²) in [6.07, 6.45) is 0. The van der Waals surface area contributed by atoms with Gasteiger partial charge in [0, 0.05) is 0 Å². The van der Waals surface area contributed by atoms with E-state index < -0.39 is 31.8 Å². The molecule has 4 N–H and O–H groups in total. The molecule has 5 heteroatoms. The fourth-order valence-corrected chi connectivity index (χ4v) is 0.300. The molecule has 0 spiro atoms. The van der Waals surface area contributed by atoms with Crippen LogP contribution in [0.25, 0.3) is 0 Å². The molecule has 0 bridgehead atoms. The molecule has 10 heavy (non-hydrogen) atoms. The van der Waals surface area contributed by atoms with E-state index >= 15 is 0 Å². The third-order valence-electron chi connectivity index (χ3n) is 1.34. The Kier molecular flexibility index (Phi) is 7.13. The molecule has 0 unspecified atom stereocenters. The van der Waals surface area contributed by atoms with Gasteiger partial charge in [0.15, 0.2) is 0 Å². The molecule has 0 aliphatic heterocycles. The van der Waals surface area contributed by atoms with Crippen molar-refractivity contribution >= 4 is 8.41 Å². The van der Waals surface area contributed by atoms with Crippen LogP contribution in [-0.2, 0) is 0 Å². The molecule has 62 valence electrons. The first-order valence-electron chi connectivity index (χ1n) is 2.68. The molecule has 0 aromatic heterocycles. The Morgan fingerprint density at radius 3 is 0.900 bits per heavy atom. The molecule has 0 radical (unpaired) electrons. The van der Waals surface area contributed by atoms with Gasteiger partial charge in [0.1, 0.15) is 0 Å². The van der Waals surface area contributed by atoms with Crippen molar-refractivity contribution in [2.45, 2.75) is 0 Å². The zero-order chi connectivity index (χ0) is 7.33. The highest BCUT2D eigenvalue weighted by atomic mass is 16.3. The monoisotopic (exact) mass is 150 g/mol. The van der Waals surface area contributed by atoms with Crippen LogP contribution in [0.1, 0.15) is 0 Å². The van der Waals surface area contributed by atoms with Crippen LogP contribution in [0.15, 0.2) is 0 Å². The van der Waals surface area contributed by atoms with Crippen molar-refractivity contribution < 1.29 is 20.4 Å². The summed E-state index contributed by atoms with van der Waals surface area (Å²) >= 11 is 0. The summed E-state index contributed by atoms with van der Waals surface area (Å²) in [4.78, 5) is 0. The van der Waals surface area contributed by atoms with Gasteiger partial charge in [0.25, 0.3) is 0 Å². The van der Waals surface area contributed by atoms with Crippen LogP contribution in [0.5, 0.6) is 0 Å². The van der Waals surface area contributed by atoms with E-state index in [1.165, 1.54) is 0 Å². The molecular weight excluding hydrogens is 135 g/mol. The van der Waals surface area contributed by atoms with E-state index in [9.17, 15) is 0 Å². The lowest BCUT2D eigenvalue weighted by Gasteiger charge is -2.23. The largest absolute Gasteiger partial charge is 0.396 e. The average Bonchev–Trinajstić information content (AvgIpc) is 1.95. The lowest BCUT2D eigenvalue weighted by Crippen LogP contribution is -2.37. The minimum absolute atomic E-state index is 0. The van der Waals surface area contributed by atoms with Gasteiger partial charge in [-0.2, -0.15) is 0 Å². The maximum Gasteiger partial charge on any atom is 0.0814 e. The van der Waals surface area contributed by atoms with Crippen molar-refractivity contribution in [1.29, 1.82) is 0 Å². The minimum Gasteiger partial charge on any atom is -0.396 e. The predicted molar refractivity (Wildman–Crippen MR) is 40.7 cm³/mol. The van der Waals surface area contributed by atoms with Gasteiger partial charge in [-0.25, -0.2) is 0 Å². The molecule has 0 amide bonds. The predicted octanol–water partition coefficient (Wildman–Crippen LogP) is -3.24. The van der Waals surface area contributed by atoms with Gasteiger partial charge in [0.2, 0.25) is 0 Å². The number of hydrogen-bond acceptors (Lipinski definition) is 4. The summed E-state index contributed by atoms with van der Waals surface area (Å²) in [6.45, 7) is -1.62. The molecule has 0 saturated heterocycles. The van der Waals surface area contributed by atoms with Crippen molar-refractivity contribution in [2.75, 3.05) is 26.4 Å². The second-order valence-corrected chi connectivity index (χ2v) is 2.13. The van der Waals surface area contributed by atoms with E-state index in [0.717, 1.165) is 0 Å². The SMILES string of the molecule is B.OCC(CO)(CO)CO. The fraction of sp³-hybridized carbons (Fsp3) is 1.00. The fourth-order valence-electron chi connectivity index (χ4n) is 0.300. The first-order valence-corrected chi connectivity index (χ1v) is 2.68. The van der Waals surface area contributed by atoms with Crippen LogP contribution in [0.4, 0.5) is 0 Å². The maximum absolute atomic E-state index is 8.50. The molecule has 0 aliphatic rings. The highest BCUT2D eigenvalue weighted by Crippen LogP contribution is 2.11. The van der Waals surface area contributed by atoms with E-state index in [4.69, 9.17) is 20.4 Å². The van der Waals surface area contributed by atoms with Crippen molar-refractivity contribution in [2.24, 2.45) is 5.41 Å². The van der Waals surface area contributed by atoms with E-state index in [-0.39, 0.29) is 8.41 Å². The first kappa shape index (κ1) is 12.6. The Morgan fingerprint density at radius 2 is 0.900 bits per heavy atom. The van der Waals surface area contributed by atoms with Crippen molar-refractivity contribution in [3.63, 3.8) is 0 Å². The summed E-state index contributed by atoms with van der Waals surface area (Å²) in [6, 6.07) is 0. The van der Waals surface area contributed by atoms with Crippen LogP contribution >= 0.6 is 0 Å². The Balaban J connectivity index is 0. The van der Waals surface area contributed by atoms with Gasteiger partial charge in [0.05, 0.1) is 40.3 Å². The second-order valence-electron chi connectivity index (χ2n) is 2.13. The third-order valence-corrected chi connectivity index (χ3v) is 1.34. The highest BCUT2D eigenvalue weighted by Gasteiger charge is 2.26. The Morgan fingerprint density at radius 1 is 0.700 bits per heavy atom. The molecule has 0 atom stereocenters. The standard InChI is InChI=1S/C5H12O4.BH3/c6-1-5(2-7,3-8)4-9;/h6-9H,1-4H2;1H3. The topological polar surface area (TPSA) is 80.9 Å². The lowest BCUT2D eigenvalue weighted by atomic mass is 9.93. The van der Waals surface area contributed by atoms with Gasteiger partial charge < -0.3 is 20.4 Å². The average molecular weight is 150 g/mol. The molecule has 0 rings (SSSR count). The van der Waals surface area contributed by atoms with Gasteiger partial charge in [-0.05, 0) is 0 Å². The molecule has 0 heterocycles. The van der Waals surface area contributed by atoms with Gasteiger partial charge in [-0.3, -0.25) is 0 Å². The van der Waals surface area contributed by atoms with E-state index in [2.05, 4.69) is 0 Å². The number of hydrogen-bond donors (Lipinski definition) is 4. The first-order chi connectivity index (χ1) is 4.24. The van der Waals surface area contributed by atoms with Crippen molar-refractivity contribution in [3.05, 3.63) is 0 Å². The Labute approximate surface area is 61.7 Å².